The molecule has 4 aromatic heterocycles. The van der Waals surface area contributed by atoms with E-state index >= 15 is 0 Å². The Morgan fingerprint density at radius 1 is 1.03 bits per heavy atom. The van der Waals surface area contributed by atoms with Gasteiger partial charge in [-0.2, -0.15) is 13.2 Å². The molecule has 0 unspecified atom stereocenters. The fourth-order valence-electron chi connectivity index (χ4n) is 3.03. The van der Waals surface area contributed by atoms with E-state index in [4.69, 9.17) is 0 Å². The van der Waals surface area contributed by atoms with Crippen LogP contribution in [0.4, 0.5) is 13.2 Å². The molecular weight excluding hydrogens is 433 g/mol. The first-order valence-electron chi connectivity index (χ1n) is 9.02. The Hall–Kier alpha value is -3.41. The number of nitrogens with zero attached hydrogens (tertiary/aromatic N) is 6. The van der Waals surface area contributed by atoms with Crippen LogP contribution >= 0.6 is 0 Å². The lowest BCUT2D eigenvalue weighted by Crippen LogP contribution is -2.09. The van der Waals surface area contributed by atoms with Crippen LogP contribution in [0.3, 0.4) is 0 Å². The van der Waals surface area contributed by atoms with Crippen molar-refractivity contribution in [3.05, 3.63) is 48.7 Å². The van der Waals surface area contributed by atoms with E-state index < -0.39 is 21.7 Å². The number of sulfone groups is 1. The molecule has 0 amide bonds. The van der Waals surface area contributed by atoms with Crippen LogP contribution in [0.25, 0.3) is 33.9 Å². The molecule has 160 valence electrons. The summed E-state index contributed by atoms with van der Waals surface area (Å²) in [5, 5.41) is 0. The van der Waals surface area contributed by atoms with Gasteiger partial charge in [0.1, 0.15) is 11.4 Å². The molecule has 4 aromatic rings. The predicted octanol–water partition coefficient (Wildman–Crippen LogP) is 3.30. The van der Waals surface area contributed by atoms with Crippen LogP contribution < -0.4 is 0 Å². The lowest BCUT2D eigenvalue weighted by atomic mass is 10.2. The van der Waals surface area contributed by atoms with Crippen molar-refractivity contribution in [2.45, 2.75) is 18.0 Å². The molecule has 0 N–H and O–H groups in total. The minimum atomic E-state index is -4.63. The van der Waals surface area contributed by atoms with E-state index in [2.05, 4.69) is 24.9 Å². The molecule has 0 aliphatic heterocycles. The van der Waals surface area contributed by atoms with Crippen molar-refractivity contribution in [3.63, 3.8) is 0 Å². The summed E-state index contributed by atoms with van der Waals surface area (Å²) < 4.78 is 66.1. The van der Waals surface area contributed by atoms with Gasteiger partial charge in [0.15, 0.2) is 21.5 Å². The molecule has 0 bridgehead atoms. The Bertz CT molecular complexity index is 1390. The number of pyridine rings is 2. The molecule has 0 aliphatic rings. The van der Waals surface area contributed by atoms with Crippen LogP contribution in [-0.4, -0.2) is 43.7 Å². The molecule has 0 saturated heterocycles. The Morgan fingerprint density at radius 3 is 2.39 bits per heavy atom. The van der Waals surface area contributed by atoms with Crippen molar-refractivity contribution in [2.24, 2.45) is 7.05 Å². The zero-order valence-corrected chi connectivity index (χ0v) is 17.1. The monoisotopic (exact) mass is 448 g/mol. The summed E-state index contributed by atoms with van der Waals surface area (Å²) in [7, 11) is -2.21. The molecule has 0 aromatic carbocycles. The average Bonchev–Trinajstić information content (AvgIpc) is 3.09. The highest BCUT2D eigenvalue weighted by Gasteiger charge is 2.33. The minimum absolute atomic E-state index is 0.0220. The number of aromatic nitrogens is 6. The predicted molar refractivity (Wildman–Crippen MR) is 105 cm³/mol. The third-order valence-corrected chi connectivity index (χ3v) is 6.40. The number of alkyl halides is 3. The molecular formula is C19H15F3N6O2S. The lowest BCUT2D eigenvalue weighted by molar-refractivity contribution is -0.141. The smallest absolute Gasteiger partial charge is 0.324 e. The van der Waals surface area contributed by atoms with Gasteiger partial charge in [-0.15, -0.1) is 0 Å². The van der Waals surface area contributed by atoms with Gasteiger partial charge in [0.05, 0.1) is 27.9 Å². The first-order chi connectivity index (χ1) is 14.6. The van der Waals surface area contributed by atoms with Gasteiger partial charge in [-0.1, -0.05) is 6.92 Å². The van der Waals surface area contributed by atoms with Crippen LogP contribution in [0, 0.1) is 0 Å². The van der Waals surface area contributed by atoms with Crippen molar-refractivity contribution in [2.75, 3.05) is 5.75 Å². The number of hydrogen-bond acceptors (Lipinski definition) is 7. The van der Waals surface area contributed by atoms with Crippen LogP contribution in [0.15, 0.2) is 47.9 Å². The van der Waals surface area contributed by atoms with Crippen molar-refractivity contribution in [1.29, 1.82) is 0 Å². The summed E-state index contributed by atoms with van der Waals surface area (Å²) in [4.78, 5) is 20.1. The summed E-state index contributed by atoms with van der Waals surface area (Å²) in [6.45, 7) is 1.49. The maximum Gasteiger partial charge on any atom is 0.433 e. The number of hydrogen-bond donors (Lipinski definition) is 0. The van der Waals surface area contributed by atoms with Gasteiger partial charge in [-0.05, 0) is 18.2 Å². The number of imidazole rings is 1. The highest BCUT2D eigenvalue weighted by molar-refractivity contribution is 7.91. The topological polar surface area (TPSA) is 104 Å². The van der Waals surface area contributed by atoms with E-state index in [1.165, 1.54) is 36.1 Å². The Balaban J connectivity index is 1.95. The second-order valence-electron chi connectivity index (χ2n) is 6.60. The molecule has 12 heteroatoms. The van der Waals surface area contributed by atoms with Gasteiger partial charge in [0, 0.05) is 31.2 Å². The van der Waals surface area contributed by atoms with E-state index in [-0.39, 0.29) is 33.5 Å². The molecule has 4 rings (SSSR count). The highest BCUT2D eigenvalue weighted by atomic mass is 32.2. The fraction of sp³-hybridized carbons (Fsp3) is 0.211. The molecule has 0 spiro atoms. The maximum absolute atomic E-state index is 13.0. The number of halogens is 3. The summed E-state index contributed by atoms with van der Waals surface area (Å²) in [5.41, 5.74) is -0.349. The molecule has 0 radical (unpaired) electrons. The van der Waals surface area contributed by atoms with E-state index in [1.54, 1.807) is 13.1 Å². The van der Waals surface area contributed by atoms with Gasteiger partial charge >= 0.3 is 6.18 Å². The van der Waals surface area contributed by atoms with Gasteiger partial charge in [0.25, 0.3) is 0 Å². The third kappa shape index (κ3) is 3.74. The second kappa shape index (κ2) is 7.38. The average molecular weight is 448 g/mol. The number of fused-ring (bicyclic) bond motifs is 1. The first-order valence-corrected chi connectivity index (χ1v) is 10.7. The molecule has 0 atom stereocenters. The van der Waals surface area contributed by atoms with E-state index in [0.29, 0.717) is 11.1 Å². The van der Waals surface area contributed by atoms with E-state index in [9.17, 15) is 21.6 Å². The van der Waals surface area contributed by atoms with Crippen LogP contribution in [0.1, 0.15) is 12.6 Å². The molecule has 0 aliphatic carbocycles. The Morgan fingerprint density at radius 2 is 1.74 bits per heavy atom. The largest absolute Gasteiger partial charge is 0.433 e. The zero-order valence-electron chi connectivity index (χ0n) is 16.3. The van der Waals surface area contributed by atoms with Crippen molar-refractivity contribution in [3.8, 4) is 22.9 Å². The summed E-state index contributed by atoms with van der Waals surface area (Å²) in [5.74, 6) is 0.187. The van der Waals surface area contributed by atoms with Crippen LogP contribution in [0.5, 0.6) is 0 Å². The molecule has 4 heterocycles. The first kappa shape index (κ1) is 20.8. The fourth-order valence-corrected chi connectivity index (χ4v) is 4.09. The van der Waals surface area contributed by atoms with Crippen molar-refractivity contribution >= 4 is 20.9 Å². The van der Waals surface area contributed by atoms with Gasteiger partial charge in [-0.25, -0.2) is 28.4 Å². The zero-order chi connectivity index (χ0) is 22.4. The van der Waals surface area contributed by atoms with Crippen LogP contribution in [-0.2, 0) is 23.1 Å². The molecule has 0 saturated carbocycles. The third-order valence-electron chi connectivity index (χ3n) is 4.66. The molecule has 0 fully saturated rings. The van der Waals surface area contributed by atoms with Crippen molar-refractivity contribution in [1.82, 2.24) is 29.5 Å². The van der Waals surface area contributed by atoms with Gasteiger partial charge in [0.2, 0.25) is 0 Å². The van der Waals surface area contributed by atoms with Gasteiger partial charge in [-0.3, -0.25) is 4.98 Å². The number of rotatable bonds is 4. The van der Waals surface area contributed by atoms with Gasteiger partial charge < -0.3 is 4.57 Å². The SMILES string of the molecule is CCS(=O)(=O)c1cc(-c2ncccn2)cnc1-c1nc2cc(C(F)(F)F)ncc2n1C. The van der Waals surface area contributed by atoms with Crippen LogP contribution in [0.2, 0.25) is 0 Å². The summed E-state index contributed by atoms with van der Waals surface area (Å²) >= 11 is 0. The van der Waals surface area contributed by atoms with E-state index in [1.807, 2.05) is 0 Å². The Kier molecular flexibility index (Phi) is 4.96. The Labute approximate surface area is 174 Å². The summed E-state index contributed by atoms with van der Waals surface area (Å²) in [6.07, 6.45) is 0.854. The molecule has 8 nitrogen and oxygen atoms in total. The standard InChI is InChI=1S/C19H15F3N6O2S/c1-3-31(29,30)14-7-11(17-23-5-4-6-24-17)9-26-16(14)18-27-12-8-15(19(20,21)22)25-10-13(12)28(18)2/h4-10H,3H2,1-2H3. The van der Waals surface area contributed by atoms with Crippen molar-refractivity contribution < 1.29 is 21.6 Å². The lowest BCUT2D eigenvalue weighted by Gasteiger charge is -2.10. The maximum atomic E-state index is 13.0. The highest BCUT2D eigenvalue weighted by Crippen LogP contribution is 2.33. The number of aryl methyl sites for hydroxylation is 1. The normalized spacial score (nSPS) is 12.4. The molecule has 31 heavy (non-hydrogen) atoms. The van der Waals surface area contributed by atoms with E-state index in [0.717, 1.165) is 12.3 Å². The quantitative estimate of drug-likeness (QED) is 0.472. The summed E-state index contributed by atoms with van der Waals surface area (Å²) in [6, 6.07) is 3.84. The minimum Gasteiger partial charge on any atom is -0.324 e. The second-order valence-corrected chi connectivity index (χ2v) is 8.84.